The van der Waals surface area contributed by atoms with Crippen LogP contribution in [0, 0.1) is 5.92 Å². The largest absolute Gasteiger partial charge is 0.444 e. The molecule has 2 aliphatic heterocycles. The first-order valence-corrected chi connectivity index (χ1v) is 19.4. The number of rotatable bonds is 4. The van der Waals surface area contributed by atoms with Gasteiger partial charge in [-0.15, -0.1) is 0 Å². The number of piperidine rings is 1. The first-order chi connectivity index (χ1) is 25.3. The van der Waals surface area contributed by atoms with Crippen LogP contribution in [-0.4, -0.2) is 65.7 Å². The smallest absolute Gasteiger partial charge is 0.411 e. The van der Waals surface area contributed by atoms with E-state index in [4.69, 9.17) is 19.4 Å². The number of hydrogen-bond donors (Lipinski definition) is 2. The standard InChI is InChI=1S/C43H50N6O4/c1-42(2,3)52-40(50)48-20-8-11-35(48)38-45-33-19-14-25-21-24(13-16-29(25)36(33)47-38)28-17-18-32(31-10-7-9-30(28)31)34-23-44-39(46-34)37-26-12-15-27(22-26)49(37)41(51)53-43(4,5)6/h13-14,16-19,21,23,26-27,35,37H,7-12,15,20,22H2,1-6H3,(H,44,46)(H,45,47)/t26?,27?,35-,37?/m0/s1. The Morgan fingerprint density at radius 2 is 1.57 bits per heavy atom. The van der Waals surface area contributed by atoms with Gasteiger partial charge >= 0.3 is 12.2 Å². The summed E-state index contributed by atoms with van der Waals surface area (Å²) in [5.41, 5.74) is 8.28. The number of hydrogen-bond acceptors (Lipinski definition) is 6. The number of amides is 2. The number of nitrogens with zero attached hydrogens (tertiary/aromatic N) is 4. The molecule has 2 aliphatic carbocycles. The van der Waals surface area contributed by atoms with Crippen LogP contribution in [0.25, 0.3) is 44.2 Å². The topological polar surface area (TPSA) is 116 Å². The summed E-state index contributed by atoms with van der Waals surface area (Å²) in [7, 11) is 0. The van der Waals surface area contributed by atoms with Crippen LogP contribution in [0.1, 0.15) is 115 Å². The highest BCUT2D eigenvalue weighted by molar-refractivity contribution is 6.05. The number of benzene rings is 3. The van der Waals surface area contributed by atoms with Crippen molar-refractivity contribution in [3.05, 3.63) is 71.4 Å². The second-order valence-corrected chi connectivity index (χ2v) is 17.6. The van der Waals surface area contributed by atoms with Crippen molar-refractivity contribution in [2.24, 2.45) is 5.92 Å². The molecule has 4 atom stereocenters. The molecule has 4 aliphatic rings. The van der Waals surface area contributed by atoms with Gasteiger partial charge in [0.25, 0.3) is 0 Å². The summed E-state index contributed by atoms with van der Waals surface area (Å²) >= 11 is 0. The van der Waals surface area contributed by atoms with Crippen LogP contribution in [0.5, 0.6) is 0 Å². The van der Waals surface area contributed by atoms with Gasteiger partial charge in [-0.1, -0.05) is 30.3 Å². The molecule has 53 heavy (non-hydrogen) atoms. The minimum atomic E-state index is -0.545. The van der Waals surface area contributed by atoms with E-state index in [-0.39, 0.29) is 30.3 Å². The molecule has 2 N–H and O–H groups in total. The van der Waals surface area contributed by atoms with Crippen LogP contribution in [0.4, 0.5) is 9.59 Å². The number of fused-ring (bicyclic) bond motifs is 6. The maximum absolute atomic E-state index is 13.4. The SMILES string of the molecule is CC(C)(C)OC(=O)N1C2CCC(C2)C1c1ncc(-c2ccc(-c3ccc4c(ccc5[nH]c([C@@H]6CCCN6C(=O)OC(C)(C)C)nc54)c3)c3c2CCC3)[nH]1. The molecule has 4 heterocycles. The van der Waals surface area contributed by atoms with Gasteiger partial charge in [0, 0.05) is 23.5 Å². The van der Waals surface area contributed by atoms with E-state index in [1.807, 2.05) is 57.5 Å². The minimum absolute atomic E-state index is 0.0820. The van der Waals surface area contributed by atoms with Crippen LogP contribution in [0.2, 0.25) is 0 Å². The summed E-state index contributed by atoms with van der Waals surface area (Å²) in [5, 5.41) is 2.23. The Bertz CT molecular complexity index is 2260. The third kappa shape index (κ3) is 6.04. The van der Waals surface area contributed by atoms with Crippen molar-refractivity contribution in [3.8, 4) is 22.4 Å². The Morgan fingerprint density at radius 3 is 2.36 bits per heavy atom. The van der Waals surface area contributed by atoms with Crippen LogP contribution in [0.15, 0.2) is 48.7 Å². The summed E-state index contributed by atoms with van der Waals surface area (Å²) in [4.78, 5) is 47.3. The van der Waals surface area contributed by atoms with Crippen molar-refractivity contribution in [1.82, 2.24) is 29.7 Å². The third-order valence-electron chi connectivity index (χ3n) is 11.6. The Balaban J connectivity index is 1.00. The van der Waals surface area contributed by atoms with E-state index in [2.05, 4.69) is 52.4 Å². The molecule has 0 radical (unpaired) electrons. The average Bonchev–Trinajstić information content (AvgIpc) is 3.95. The van der Waals surface area contributed by atoms with Gasteiger partial charge in [0.05, 0.1) is 35.0 Å². The Morgan fingerprint density at radius 1 is 0.811 bits per heavy atom. The monoisotopic (exact) mass is 714 g/mol. The molecule has 9 rings (SSSR count). The lowest BCUT2D eigenvalue weighted by atomic mass is 9.91. The first-order valence-electron chi connectivity index (χ1n) is 19.4. The Hall–Kier alpha value is -4.86. The Labute approximate surface area is 310 Å². The lowest BCUT2D eigenvalue weighted by molar-refractivity contribution is 0.00613. The summed E-state index contributed by atoms with van der Waals surface area (Å²) < 4.78 is 11.6. The zero-order valence-corrected chi connectivity index (χ0v) is 31.7. The van der Waals surface area contributed by atoms with Gasteiger partial charge in [0.15, 0.2) is 0 Å². The summed E-state index contributed by atoms with van der Waals surface area (Å²) in [6.07, 6.45) is 9.54. The highest BCUT2D eigenvalue weighted by atomic mass is 16.6. The van der Waals surface area contributed by atoms with Crippen molar-refractivity contribution in [3.63, 3.8) is 0 Å². The van der Waals surface area contributed by atoms with Crippen molar-refractivity contribution < 1.29 is 19.1 Å². The molecule has 276 valence electrons. The molecule has 5 aromatic rings. The molecule has 10 heteroatoms. The van der Waals surface area contributed by atoms with Gasteiger partial charge in [-0.2, -0.15) is 0 Å². The molecule has 3 aromatic carbocycles. The predicted molar refractivity (Wildman–Crippen MR) is 206 cm³/mol. The minimum Gasteiger partial charge on any atom is -0.444 e. The predicted octanol–water partition coefficient (Wildman–Crippen LogP) is 9.79. The number of carbonyl (C=O) groups excluding carboxylic acids is 2. The van der Waals surface area contributed by atoms with Gasteiger partial charge in [-0.3, -0.25) is 9.80 Å². The van der Waals surface area contributed by atoms with E-state index >= 15 is 0 Å². The van der Waals surface area contributed by atoms with E-state index < -0.39 is 11.2 Å². The van der Waals surface area contributed by atoms with Gasteiger partial charge < -0.3 is 19.4 Å². The molecule has 3 unspecified atom stereocenters. The van der Waals surface area contributed by atoms with E-state index in [9.17, 15) is 9.59 Å². The number of imidazole rings is 2. The molecule has 1 saturated carbocycles. The molecule has 0 spiro atoms. The first kappa shape index (κ1) is 33.9. The van der Waals surface area contributed by atoms with E-state index in [1.54, 1.807) is 0 Å². The van der Waals surface area contributed by atoms with E-state index in [0.29, 0.717) is 12.5 Å². The number of nitrogens with one attached hydrogen (secondary N) is 2. The summed E-state index contributed by atoms with van der Waals surface area (Å²) in [5.74, 6) is 2.08. The number of carbonyl (C=O) groups is 2. The molecule has 2 amide bonds. The third-order valence-corrected chi connectivity index (χ3v) is 11.6. The van der Waals surface area contributed by atoms with Crippen molar-refractivity contribution in [2.45, 2.75) is 122 Å². The lowest BCUT2D eigenvalue weighted by Gasteiger charge is -2.35. The molecular formula is C43H50N6O4. The van der Waals surface area contributed by atoms with Crippen LogP contribution < -0.4 is 0 Å². The fourth-order valence-corrected chi connectivity index (χ4v) is 9.51. The molecule has 10 nitrogen and oxygen atoms in total. The number of likely N-dealkylation sites (tertiary alicyclic amines) is 2. The number of ether oxygens (including phenoxy) is 2. The molecule has 2 saturated heterocycles. The summed E-state index contributed by atoms with van der Waals surface area (Å²) in [6.45, 7) is 12.1. The fraction of sp³-hybridized carbons (Fsp3) is 0.488. The highest BCUT2D eigenvalue weighted by Crippen LogP contribution is 2.50. The summed E-state index contributed by atoms with van der Waals surface area (Å²) in [6, 6.07) is 15.5. The van der Waals surface area contributed by atoms with E-state index in [0.717, 1.165) is 90.5 Å². The average molecular weight is 715 g/mol. The van der Waals surface area contributed by atoms with Gasteiger partial charge in [0.2, 0.25) is 0 Å². The van der Waals surface area contributed by atoms with Gasteiger partial charge in [-0.05, 0) is 139 Å². The Kier molecular flexibility index (Phi) is 7.91. The van der Waals surface area contributed by atoms with Crippen molar-refractivity contribution in [1.29, 1.82) is 0 Å². The normalized spacial score (nSPS) is 22.7. The number of aromatic amines is 2. The van der Waals surface area contributed by atoms with Crippen LogP contribution in [-0.2, 0) is 22.3 Å². The highest BCUT2D eigenvalue weighted by Gasteiger charge is 2.51. The molecule has 3 fully saturated rings. The fourth-order valence-electron chi connectivity index (χ4n) is 9.51. The lowest BCUT2D eigenvalue weighted by Crippen LogP contribution is -2.43. The zero-order valence-electron chi connectivity index (χ0n) is 31.7. The van der Waals surface area contributed by atoms with Gasteiger partial charge in [-0.25, -0.2) is 19.6 Å². The molecule has 2 bridgehead atoms. The van der Waals surface area contributed by atoms with Crippen molar-refractivity contribution in [2.75, 3.05) is 6.54 Å². The quantitative estimate of drug-likeness (QED) is 0.192. The van der Waals surface area contributed by atoms with Crippen molar-refractivity contribution >= 4 is 34.0 Å². The maximum Gasteiger partial charge on any atom is 0.411 e. The van der Waals surface area contributed by atoms with E-state index in [1.165, 1.54) is 27.8 Å². The second-order valence-electron chi connectivity index (χ2n) is 17.6. The second kappa shape index (κ2) is 12.4. The number of aromatic nitrogens is 4. The zero-order chi connectivity index (χ0) is 36.8. The van der Waals surface area contributed by atoms with Gasteiger partial charge in [0.1, 0.15) is 22.9 Å². The molecule has 2 aromatic heterocycles. The van der Waals surface area contributed by atoms with Crippen LogP contribution >= 0.6 is 0 Å². The van der Waals surface area contributed by atoms with Crippen LogP contribution in [0.3, 0.4) is 0 Å². The maximum atomic E-state index is 13.4. The molecular weight excluding hydrogens is 665 g/mol. The number of H-pyrrole nitrogens is 2.